The van der Waals surface area contributed by atoms with Crippen molar-refractivity contribution >= 4 is 5.69 Å². The third-order valence-electron chi connectivity index (χ3n) is 2.80. The van der Waals surface area contributed by atoms with Crippen LogP contribution in [0.4, 0.5) is 18.9 Å². The SMILES string of the molecule is Nc1ccc(OCCc2ccccc2)c(C(F)(F)F)c1. The van der Waals surface area contributed by atoms with Gasteiger partial charge in [-0.15, -0.1) is 0 Å². The molecule has 0 saturated carbocycles. The van der Waals surface area contributed by atoms with Gasteiger partial charge < -0.3 is 10.5 Å². The molecule has 2 aromatic carbocycles. The second kappa shape index (κ2) is 5.86. The van der Waals surface area contributed by atoms with Crippen molar-refractivity contribution in [3.8, 4) is 5.75 Å². The summed E-state index contributed by atoms with van der Waals surface area (Å²) in [6.45, 7) is 0.178. The largest absolute Gasteiger partial charge is 0.493 e. The first-order valence-electron chi connectivity index (χ1n) is 6.10. The molecule has 0 atom stereocenters. The second-order valence-corrected chi connectivity index (χ2v) is 4.34. The fourth-order valence-corrected chi connectivity index (χ4v) is 1.82. The van der Waals surface area contributed by atoms with Gasteiger partial charge in [0.2, 0.25) is 0 Å². The number of benzene rings is 2. The molecule has 0 aliphatic rings. The minimum absolute atomic E-state index is 0.0627. The molecule has 2 rings (SSSR count). The van der Waals surface area contributed by atoms with Crippen molar-refractivity contribution in [3.05, 3.63) is 59.7 Å². The molecule has 0 saturated heterocycles. The lowest BCUT2D eigenvalue weighted by Crippen LogP contribution is -2.11. The van der Waals surface area contributed by atoms with Crippen LogP contribution in [0.2, 0.25) is 0 Å². The minimum Gasteiger partial charge on any atom is -0.493 e. The topological polar surface area (TPSA) is 35.2 Å². The van der Waals surface area contributed by atoms with Crippen LogP contribution < -0.4 is 10.5 Å². The van der Waals surface area contributed by atoms with E-state index in [1.807, 2.05) is 30.3 Å². The number of ether oxygens (including phenoxy) is 1. The highest BCUT2D eigenvalue weighted by atomic mass is 19.4. The minimum atomic E-state index is -4.47. The van der Waals surface area contributed by atoms with E-state index in [2.05, 4.69) is 0 Å². The summed E-state index contributed by atoms with van der Waals surface area (Å²) in [7, 11) is 0. The van der Waals surface area contributed by atoms with Crippen LogP contribution >= 0.6 is 0 Å². The third-order valence-corrected chi connectivity index (χ3v) is 2.80. The summed E-state index contributed by atoms with van der Waals surface area (Å²) in [4.78, 5) is 0. The maximum atomic E-state index is 12.8. The van der Waals surface area contributed by atoms with Gasteiger partial charge in [-0.3, -0.25) is 0 Å². The first kappa shape index (κ1) is 14.2. The lowest BCUT2D eigenvalue weighted by Gasteiger charge is -2.14. The molecule has 0 unspecified atom stereocenters. The molecule has 20 heavy (non-hydrogen) atoms. The molecule has 0 heterocycles. The second-order valence-electron chi connectivity index (χ2n) is 4.34. The molecule has 5 heteroatoms. The third kappa shape index (κ3) is 3.66. The van der Waals surface area contributed by atoms with Crippen molar-refractivity contribution in [1.82, 2.24) is 0 Å². The summed E-state index contributed by atoms with van der Waals surface area (Å²) in [5.74, 6) is -0.192. The van der Waals surface area contributed by atoms with E-state index in [0.29, 0.717) is 6.42 Å². The lowest BCUT2D eigenvalue weighted by molar-refractivity contribution is -0.138. The molecule has 0 aromatic heterocycles. The number of nitrogen functional groups attached to an aromatic ring is 1. The summed E-state index contributed by atoms with van der Waals surface area (Å²) in [6, 6.07) is 13.0. The van der Waals surface area contributed by atoms with Gasteiger partial charge in [-0.1, -0.05) is 30.3 Å². The van der Waals surface area contributed by atoms with E-state index in [4.69, 9.17) is 10.5 Å². The predicted molar refractivity (Wildman–Crippen MR) is 71.5 cm³/mol. The fourth-order valence-electron chi connectivity index (χ4n) is 1.82. The molecule has 0 fully saturated rings. The normalized spacial score (nSPS) is 11.3. The molecule has 106 valence electrons. The Balaban J connectivity index is 2.06. The predicted octanol–water partition coefficient (Wildman–Crippen LogP) is 3.91. The van der Waals surface area contributed by atoms with Crippen LogP contribution in [0.25, 0.3) is 0 Å². The highest BCUT2D eigenvalue weighted by molar-refractivity contribution is 5.49. The van der Waals surface area contributed by atoms with Crippen LogP contribution in [0.3, 0.4) is 0 Å². The Kier molecular flexibility index (Phi) is 4.17. The molecule has 2 nitrogen and oxygen atoms in total. The van der Waals surface area contributed by atoms with Gasteiger partial charge in [0, 0.05) is 12.1 Å². The molecular formula is C15H14F3NO. The van der Waals surface area contributed by atoms with E-state index in [0.717, 1.165) is 11.6 Å². The molecule has 0 aliphatic carbocycles. The summed E-state index contributed by atoms with van der Waals surface area (Å²) < 4.78 is 43.8. The lowest BCUT2D eigenvalue weighted by atomic mass is 10.1. The standard InChI is InChI=1S/C15H14F3NO/c16-15(17,18)13-10-12(19)6-7-14(13)20-9-8-11-4-2-1-3-5-11/h1-7,10H,8-9,19H2. The Morgan fingerprint density at radius 3 is 2.35 bits per heavy atom. The number of hydrogen-bond acceptors (Lipinski definition) is 2. The highest BCUT2D eigenvalue weighted by Crippen LogP contribution is 2.37. The van der Waals surface area contributed by atoms with Gasteiger partial charge in [0.05, 0.1) is 12.2 Å². The monoisotopic (exact) mass is 281 g/mol. The zero-order chi connectivity index (χ0) is 14.6. The van der Waals surface area contributed by atoms with Crippen LogP contribution in [0.5, 0.6) is 5.75 Å². The average Bonchev–Trinajstić information content (AvgIpc) is 2.40. The Labute approximate surface area is 115 Å². The quantitative estimate of drug-likeness (QED) is 0.862. The number of rotatable bonds is 4. The average molecular weight is 281 g/mol. The van der Waals surface area contributed by atoms with E-state index in [1.165, 1.54) is 12.1 Å². The van der Waals surface area contributed by atoms with Crippen LogP contribution in [0.15, 0.2) is 48.5 Å². The highest BCUT2D eigenvalue weighted by Gasteiger charge is 2.34. The van der Waals surface area contributed by atoms with E-state index < -0.39 is 11.7 Å². The summed E-state index contributed by atoms with van der Waals surface area (Å²) >= 11 is 0. The maximum absolute atomic E-state index is 12.8. The Morgan fingerprint density at radius 1 is 1.00 bits per heavy atom. The van der Waals surface area contributed by atoms with Crippen LogP contribution in [-0.4, -0.2) is 6.61 Å². The van der Waals surface area contributed by atoms with Crippen LogP contribution in [0.1, 0.15) is 11.1 Å². The van der Waals surface area contributed by atoms with E-state index in [1.54, 1.807) is 0 Å². The van der Waals surface area contributed by atoms with Crippen molar-refractivity contribution < 1.29 is 17.9 Å². The Bertz CT molecular complexity index is 567. The summed E-state index contributed by atoms with van der Waals surface area (Å²) in [5, 5.41) is 0. The summed E-state index contributed by atoms with van der Waals surface area (Å²) in [6.07, 6.45) is -3.93. The fraction of sp³-hybridized carbons (Fsp3) is 0.200. The van der Waals surface area contributed by atoms with Gasteiger partial charge in [-0.25, -0.2) is 0 Å². The van der Waals surface area contributed by atoms with Gasteiger partial charge in [0.15, 0.2) is 0 Å². The number of halogens is 3. The van der Waals surface area contributed by atoms with Gasteiger partial charge >= 0.3 is 6.18 Å². The molecule has 2 aromatic rings. The van der Waals surface area contributed by atoms with E-state index in [-0.39, 0.29) is 18.0 Å². The Hall–Kier alpha value is -2.17. The van der Waals surface area contributed by atoms with Crippen LogP contribution in [0, 0.1) is 0 Å². The van der Waals surface area contributed by atoms with Gasteiger partial charge in [0.1, 0.15) is 5.75 Å². The first-order chi connectivity index (χ1) is 9.47. The van der Waals surface area contributed by atoms with Gasteiger partial charge in [0.25, 0.3) is 0 Å². The van der Waals surface area contributed by atoms with Gasteiger partial charge in [-0.2, -0.15) is 13.2 Å². The van der Waals surface area contributed by atoms with Crippen molar-refractivity contribution in [2.75, 3.05) is 12.3 Å². The number of hydrogen-bond donors (Lipinski definition) is 1. The number of anilines is 1. The van der Waals surface area contributed by atoms with Gasteiger partial charge in [-0.05, 0) is 23.8 Å². The molecule has 0 spiro atoms. The maximum Gasteiger partial charge on any atom is 0.420 e. The van der Waals surface area contributed by atoms with Crippen molar-refractivity contribution in [1.29, 1.82) is 0 Å². The summed E-state index contributed by atoms with van der Waals surface area (Å²) in [5.41, 5.74) is 5.62. The number of nitrogens with two attached hydrogens (primary N) is 1. The molecule has 0 bridgehead atoms. The molecule has 0 aliphatic heterocycles. The van der Waals surface area contributed by atoms with E-state index >= 15 is 0 Å². The molecule has 2 N–H and O–H groups in total. The van der Waals surface area contributed by atoms with Crippen molar-refractivity contribution in [2.45, 2.75) is 12.6 Å². The van der Waals surface area contributed by atoms with E-state index in [9.17, 15) is 13.2 Å². The molecule has 0 radical (unpaired) electrons. The van der Waals surface area contributed by atoms with Crippen molar-refractivity contribution in [2.24, 2.45) is 0 Å². The Morgan fingerprint density at radius 2 is 1.70 bits per heavy atom. The number of alkyl halides is 3. The first-order valence-corrected chi connectivity index (χ1v) is 6.10. The van der Waals surface area contributed by atoms with Crippen molar-refractivity contribution in [3.63, 3.8) is 0 Å². The zero-order valence-electron chi connectivity index (χ0n) is 10.7. The zero-order valence-corrected chi connectivity index (χ0v) is 10.7. The molecular weight excluding hydrogens is 267 g/mol. The van der Waals surface area contributed by atoms with Crippen LogP contribution in [-0.2, 0) is 12.6 Å². The smallest absolute Gasteiger partial charge is 0.420 e. The molecule has 0 amide bonds.